The minimum Gasteiger partial charge on any atom is -0.493 e. The molecule has 0 aliphatic heterocycles. The third-order valence-corrected chi connectivity index (χ3v) is 4.59. The van der Waals surface area contributed by atoms with Crippen molar-refractivity contribution in [2.75, 3.05) is 25.2 Å². The number of halogens is 1. The molecule has 1 aromatic carbocycles. The topological polar surface area (TPSA) is 69.7 Å². The van der Waals surface area contributed by atoms with E-state index in [4.69, 9.17) is 21.1 Å². The third-order valence-electron chi connectivity index (χ3n) is 2.55. The number of rotatable bonds is 8. The van der Waals surface area contributed by atoms with Crippen molar-refractivity contribution >= 4 is 27.7 Å². The lowest BCUT2D eigenvalue weighted by atomic mass is 10.2. The van der Waals surface area contributed by atoms with Crippen molar-refractivity contribution in [1.82, 2.24) is 0 Å². The Balaban J connectivity index is 2.84. The van der Waals surface area contributed by atoms with Crippen LogP contribution in [0.1, 0.15) is 23.7 Å². The first kappa shape index (κ1) is 16.8. The average Bonchev–Trinajstić information content (AvgIpc) is 2.39. The number of sulfone groups is 1. The second-order valence-electron chi connectivity index (χ2n) is 4.14. The fourth-order valence-electron chi connectivity index (χ4n) is 1.67. The second-order valence-corrected chi connectivity index (χ2v) is 6.88. The summed E-state index contributed by atoms with van der Waals surface area (Å²) in [5, 5.41) is 0.343. The van der Waals surface area contributed by atoms with Gasteiger partial charge in [0.05, 0.1) is 24.2 Å². The van der Waals surface area contributed by atoms with Crippen LogP contribution in [0.15, 0.2) is 12.1 Å². The average molecular weight is 321 g/mol. The molecule has 0 spiro atoms. The molecule has 112 valence electrons. The number of methoxy groups -OCH3 is 1. The molecular formula is C13H17ClO5S. The molecule has 0 unspecified atom stereocenters. The number of carbonyl (C=O) groups is 1. The van der Waals surface area contributed by atoms with Crippen LogP contribution in [0.5, 0.6) is 11.5 Å². The summed E-state index contributed by atoms with van der Waals surface area (Å²) in [6, 6.07) is 2.94. The number of hydrogen-bond acceptors (Lipinski definition) is 5. The maximum Gasteiger partial charge on any atom is 0.171 e. The van der Waals surface area contributed by atoms with Gasteiger partial charge in [0.2, 0.25) is 0 Å². The minimum atomic E-state index is -3.13. The Hall–Kier alpha value is -1.27. The van der Waals surface area contributed by atoms with Crippen molar-refractivity contribution in [3.63, 3.8) is 0 Å². The Bertz CT molecular complexity index is 568. The highest BCUT2D eigenvalue weighted by atomic mass is 35.5. The van der Waals surface area contributed by atoms with E-state index in [1.54, 1.807) is 6.92 Å². The van der Waals surface area contributed by atoms with E-state index in [1.807, 2.05) is 0 Å². The van der Waals surface area contributed by atoms with Gasteiger partial charge in [-0.15, -0.1) is 0 Å². The molecule has 0 atom stereocenters. The number of benzene rings is 1. The van der Waals surface area contributed by atoms with Gasteiger partial charge in [-0.1, -0.05) is 18.5 Å². The van der Waals surface area contributed by atoms with Gasteiger partial charge in [0.1, 0.15) is 6.61 Å². The Morgan fingerprint density at radius 3 is 2.55 bits per heavy atom. The van der Waals surface area contributed by atoms with Gasteiger partial charge in [-0.2, -0.15) is 0 Å². The number of ether oxygens (including phenoxy) is 2. The molecule has 0 fully saturated rings. The molecule has 0 radical (unpaired) electrons. The first-order valence-electron chi connectivity index (χ1n) is 6.09. The molecule has 5 nitrogen and oxygen atoms in total. The predicted octanol–water partition coefficient (Wildman–Crippen LogP) is 2.36. The molecule has 7 heteroatoms. The minimum absolute atomic E-state index is 0.0405. The van der Waals surface area contributed by atoms with Gasteiger partial charge in [-0.25, -0.2) is 8.42 Å². The quantitative estimate of drug-likeness (QED) is 0.688. The summed E-state index contributed by atoms with van der Waals surface area (Å²) in [7, 11) is -1.71. The summed E-state index contributed by atoms with van der Waals surface area (Å²) in [6.45, 7) is 1.76. The fourth-order valence-corrected chi connectivity index (χ4v) is 3.05. The van der Waals surface area contributed by atoms with Crippen LogP contribution in [0.4, 0.5) is 0 Å². The zero-order valence-electron chi connectivity index (χ0n) is 11.4. The van der Waals surface area contributed by atoms with E-state index in [2.05, 4.69) is 0 Å². The van der Waals surface area contributed by atoms with Crippen molar-refractivity contribution < 1.29 is 22.7 Å². The largest absolute Gasteiger partial charge is 0.493 e. The van der Waals surface area contributed by atoms with Crippen LogP contribution in [-0.2, 0) is 9.84 Å². The summed E-state index contributed by atoms with van der Waals surface area (Å²) in [6.07, 6.45) is 1.15. The molecule has 0 amide bonds. The fraction of sp³-hybridized carbons (Fsp3) is 0.462. The molecule has 1 aromatic rings. The van der Waals surface area contributed by atoms with Crippen LogP contribution in [0.25, 0.3) is 0 Å². The van der Waals surface area contributed by atoms with Crippen LogP contribution in [0.2, 0.25) is 5.02 Å². The SMILES string of the molecule is CCCS(=O)(=O)CCOc1c(C=O)cc(Cl)cc1OC. The molecule has 20 heavy (non-hydrogen) atoms. The Kier molecular flexibility index (Phi) is 6.29. The molecule has 0 saturated heterocycles. The first-order valence-corrected chi connectivity index (χ1v) is 8.29. The number of aldehydes is 1. The van der Waals surface area contributed by atoms with E-state index in [0.717, 1.165) is 0 Å². The van der Waals surface area contributed by atoms with Crippen molar-refractivity contribution in [1.29, 1.82) is 0 Å². The van der Waals surface area contributed by atoms with E-state index in [1.165, 1.54) is 19.2 Å². The first-order chi connectivity index (χ1) is 9.43. The monoisotopic (exact) mass is 320 g/mol. The molecule has 1 rings (SSSR count). The van der Waals surface area contributed by atoms with Gasteiger partial charge in [0, 0.05) is 11.1 Å². The van der Waals surface area contributed by atoms with Crippen molar-refractivity contribution in [2.24, 2.45) is 0 Å². The Morgan fingerprint density at radius 2 is 2.00 bits per heavy atom. The Morgan fingerprint density at radius 1 is 1.30 bits per heavy atom. The smallest absolute Gasteiger partial charge is 0.171 e. The summed E-state index contributed by atoms with van der Waals surface area (Å²) >= 11 is 5.84. The lowest BCUT2D eigenvalue weighted by molar-refractivity contribution is 0.111. The number of carbonyl (C=O) groups excluding carboxylic acids is 1. The van der Waals surface area contributed by atoms with E-state index in [-0.39, 0.29) is 29.4 Å². The van der Waals surface area contributed by atoms with Crippen LogP contribution in [0.3, 0.4) is 0 Å². The molecule has 0 aromatic heterocycles. The maximum atomic E-state index is 11.6. The van der Waals surface area contributed by atoms with Crippen LogP contribution >= 0.6 is 11.6 Å². The van der Waals surface area contributed by atoms with Gasteiger partial charge in [-0.3, -0.25) is 4.79 Å². The zero-order chi connectivity index (χ0) is 15.2. The highest BCUT2D eigenvalue weighted by Gasteiger charge is 2.15. The number of hydrogen-bond donors (Lipinski definition) is 0. The Labute approximate surface area is 123 Å². The van der Waals surface area contributed by atoms with Crippen LogP contribution in [0, 0.1) is 0 Å². The normalized spacial score (nSPS) is 11.2. The van der Waals surface area contributed by atoms with E-state index < -0.39 is 9.84 Å². The van der Waals surface area contributed by atoms with Gasteiger partial charge in [0.15, 0.2) is 27.6 Å². The van der Waals surface area contributed by atoms with Gasteiger partial charge >= 0.3 is 0 Å². The molecule has 0 heterocycles. The summed E-state index contributed by atoms with van der Waals surface area (Å²) in [5.74, 6) is 0.519. The molecule has 0 N–H and O–H groups in total. The van der Waals surface area contributed by atoms with Crippen LogP contribution < -0.4 is 9.47 Å². The lowest BCUT2D eigenvalue weighted by Crippen LogP contribution is -2.17. The van der Waals surface area contributed by atoms with E-state index >= 15 is 0 Å². The van der Waals surface area contributed by atoms with Crippen molar-refractivity contribution in [2.45, 2.75) is 13.3 Å². The summed E-state index contributed by atoms with van der Waals surface area (Å²) < 4.78 is 33.6. The van der Waals surface area contributed by atoms with Crippen molar-refractivity contribution in [3.8, 4) is 11.5 Å². The molecular weight excluding hydrogens is 304 g/mol. The van der Waals surface area contributed by atoms with Gasteiger partial charge < -0.3 is 9.47 Å². The molecule has 0 aliphatic rings. The van der Waals surface area contributed by atoms with E-state index in [0.29, 0.717) is 23.5 Å². The van der Waals surface area contributed by atoms with Crippen molar-refractivity contribution in [3.05, 3.63) is 22.7 Å². The highest BCUT2D eigenvalue weighted by molar-refractivity contribution is 7.91. The highest BCUT2D eigenvalue weighted by Crippen LogP contribution is 2.33. The van der Waals surface area contributed by atoms with E-state index in [9.17, 15) is 13.2 Å². The molecule has 0 bridgehead atoms. The standard InChI is InChI=1S/C13H17ClO5S/c1-3-5-20(16,17)6-4-19-13-10(9-15)7-11(14)8-12(13)18-2/h7-9H,3-6H2,1-2H3. The van der Waals surface area contributed by atoms with Gasteiger partial charge in [0.25, 0.3) is 0 Å². The second kappa shape index (κ2) is 7.50. The summed E-state index contributed by atoms with van der Waals surface area (Å²) in [4.78, 5) is 11.0. The zero-order valence-corrected chi connectivity index (χ0v) is 13.0. The lowest BCUT2D eigenvalue weighted by Gasteiger charge is -2.13. The summed E-state index contributed by atoms with van der Waals surface area (Å²) in [5.41, 5.74) is 0.224. The molecule has 0 aliphatic carbocycles. The van der Waals surface area contributed by atoms with Crippen LogP contribution in [-0.4, -0.2) is 39.9 Å². The third kappa shape index (κ3) is 4.68. The van der Waals surface area contributed by atoms with Gasteiger partial charge in [-0.05, 0) is 12.5 Å². The molecule has 0 saturated carbocycles. The maximum absolute atomic E-state index is 11.6. The predicted molar refractivity (Wildman–Crippen MR) is 77.8 cm³/mol.